The van der Waals surface area contributed by atoms with Gasteiger partial charge >= 0.3 is 0 Å². The van der Waals surface area contributed by atoms with E-state index in [1.165, 1.54) is 10.9 Å². The smallest absolute Gasteiger partial charge is 0.261 e. The summed E-state index contributed by atoms with van der Waals surface area (Å²) in [4.78, 5) is 31.5. The molecule has 0 unspecified atom stereocenters. The molecule has 0 saturated carbocycles. The number of fused-ring (bicyclic) bond motifs is 1. The summed E-state index contributed by atoms with van der Waals surface area (Å²) in [6.07, 6.45) is 1.38. The molecule has 4 rings (SSSR count). The van der Waals surface area contributed by atoms with E-state index in [1.807, 2.05) is 54.6 Å². The van der Waals surface area contributed by atoms with Gasteiger partial charge in [-0.2, -0.15) is 0 Å². The van der Waals surface area contributed by atoms with E-state index in [0.29, 0.717) is 21.6 Å². The molecule has 0 atom stereocenters. The van der Waals surface area contributed by atoms with Crippen molar-refractivity contribution in [3.8, 4) is 0 Å². The highest BCUT2D eigenvalue weighted by Gasteiger charge is 2.11. The molecule has 144 valence electrons. The molecule has 5 nitrogen and oxygen atoms in total. The largest absolute Gasteiger partial charge is 0.323 e. The number of amides is 1. The minimum absolute atomic E-state index is 0.140. The third-order valence-corrected chi connectivity index (χ3v) is 5.55. The van der Waals surface area contributed by atoms with Gasteiger partial charge in [0.15, 0.2) is 0 Å². The van der Waals surface area contributed by atoms with Crippen LogP contribution in [0.4, 0.5) is 5.69 Å². The molecule has 1 amide bonds. The maximum absolute atomic E-state index is 12.7. The van der Waals surface area contributed by atoms with Crippen LogP contribution in [0, 0.1) is 0 Å². The first kappa shape index (κ1) is 19.2. The van der Waals surface area contributed by atoms with E-state index in [-0.39, 0.29) is 18.0 Å². The fourth-order valence-electron chi connectivity index (χ4n) is 2.86. The molecule has 7 heteroatoms. The average Bonchev–Trinajstić information content (AvgIpc) is 2.73. The third kappa shape index (κ3) is 4.50. The van der Waals surface area contributed by atoms with E-state index in [4.69, 9.17) is 11.6 Å². The van der Waals surface area contributed by atoms with Gasteiger partial charge in [-0.05, 0) is 42.5 Å². The number of carbonyl (C=O) groups excluding carboxylic acids is 1. The normalized spacial score (nSPS) is 10.8. The Kier molecular flexibility index (Phi) is 5.64. The van der Waals surface area contributed by atoms with E-state index < -0.39 is 0 Å². The molecule has 0 spiro atoms. The number of benzene rings is 3. The Bertz CT molecular complexity index is 1240. The van der Waals surface area contributed by atoms with Crippen molar-refractivity contribution < 1.29 is 4.79 Å². The molecule has 4 aromatic rings. The number of halogens is 1. The lowest BCUT2D eigenvalue weighted by Gasteiger charge is -2.12. The topological polar surface area (TPSA) is 64.0 Å². The molecule has 0 aliphatic carbocycles. The second-order valence-corrected chi connectivity index (χ2v) is 7.85. The fraction of sp³-hybridized carbons (Fsp3) is 0.0455. The third-order valence-electron chi connectivity index (χ3n) is 4.23. The number of rotatable bonds is 5. The van der Waals surface area contributed by atoms with Crippen molar-refractivity contribution in [1.29, 1.82) is 0 Å². The summed E-state index contributed by atoms with van der Waals surface area (Å²) in [7, 11) is 0. The van der Waals surface area contributed by atoms with Crippen molar-refractivity contribution in [2.24, 2.45) is 0 Å². The number of hydrogen-bond donors (Lipinski definition) is 1. The maximum Gasteiger partial charge on any atom is 0.261 e. The Hall–Kier alpha value is -3.09. The summed E-state index contributed by atoms with van der Waals surface area (Å²) in [5, 5.41) is 3.72. The summed E-state index contributed by atoms with van der Waals surface area (Å²) in [6, 6.07) is 22.4. The number of hydrogen-bond acceptors (Lipinski definition) is 4. The molecule has 1 heterocycles. The van der Waals surface area contributed by atoms with Crippen molar-refractivity contribution in [3.05, 3.63) is 94.5 Å². The van der Waals surface area contributed by atoms with Gasteiger partial charge in [0.25, 0.3) is 5.56 Å². The molecule has 29 heavy (non-hydrogen) atoms. The first-order valence-electron chi connectivity index (χ1n) is 8.86. The van der Waals surface area contributed by atoms with Gasteiger partial charge in [-0.3, -0.25) is 14.2 Å². The lowest BCUT2D eigenvalue weighted by Crippen LogP contribution is -2.28. The van der Waals surface area contributed by atoms with Crippen LogP contribution in [0.5, 0.6) is 0 Å². The maximum atomic E-state index is 12.7. The summed E-state index contributed by atoms with van der Waals surface area (Å²) in [6.45, 7) is -0.140. The highest BCUT2D eigenvalue weighted by atomic mass is 35.5. The molecule has 0 radical (unpaired) electrons. The van der Waals surface area contributed by atoms with E-state index in [0.717, 1.165) is 9.79 Å². The molecule has 0 aliphatic rings. The predicted octanol–water partition coefficient (Wildman–Crippen LogP) is 4.84. The Morgan fingerprint density at radius 2 is 1.79 bits per heavy atom. The van der Waals surface area contributed by atoms with Crippen LogP contribution < -0.4 is 10.9 Å². The van der Waals surface area contributed by atoms with Crippen LogP contribution in [0.3, 0.4) is 0 Å². The second-order valence-electron chi connectivity index (χ2n) is 6.30. The number of nitrogens with zero attached hydrogens (tertiary/aromatic N) is 2. The van der Waals surface area contributed by atoms with Crippen LogP contribution >= 0.6 is 23.4 Å². The Labute approximate surface area is 176 Å². The monoisotopic (exact) mass is 421 g/mol. The minimum Gasteiger partial charge on any atom is -0.323 e. The summed E-state index contributed by atoms with van der Waals surface area (Å²) in [5.74, 6) is -0.309. The number of anilines is 1. The van der Waals surface area contributed by atoms with Crippen molar-refractivity contribution in [2.75, 3.05) is 5.32 Å². The van der Waals surface area contributed by atoms with Crippen LogP contribution in [0.15, 0.2) is 93.7 Å². The standard InChI is InChI=1S/C22H16ClN3O2S/c23-15-10-11-18-17(12-15)22(28)26(14-24-18)13-21(27)25-19-8-4-5-9-20(19)29-16-6-2-1-3-7-16/h1-12,14H,13H2,(H,25,27). The van der Waals surface area contributed by atoms with E-state index in [2.05, 4.69) is 10.3 Å². The highest BCUT2D eigenvalue weighted by molar-refractivity contribution is 7.99. The van der Waals surface area contributed by atoms with E-state index in [9.17, 15) is 9.59 Å². The van der Waals surface area contributed by atoms with Crippen LogP contribution in [0.2, 0.25) is 5.02 Å². The Morgan fingerprint density at radius 3 is 2.62 bits per heavy atom. The number of carbonyl (C=O) groups is 1. The Morgan fingerprint density at radius 1 is 1.03 bits per heavy atom. The molecule has 0 bridgehead atoms. The van der Waals surface area contributed by atoms with Crippen LogP contribution in [-0.4, -0.2) is 15.5 Å². The van der Waals surface area contributed by atoms with Crippen molar-refractivity contribution in [1.82, 2.24) is 9.55 Å². The van der Waals surface area contributed by atoms with Gasteiger partial charge in [0.05, 0.1) is 22.9 Å². The average molecular weight is 422 g/mol. The zero-order valence-corrected chi connectivity index (χ0v) is 16.8. The van der Waals surface area contributed by atoms with Crippen LogP contribution in [0.25, 0.3) is 10.9 Å². The van der Waals surface area contributed by atoms with Crippen LogP contribution in [0.1, 0.15) is 0 Å². The van der Waals surface area contributed by atoms with Crippen molar-refractivity contribution in [3.63, 3.8) is 0 Å². The van der Waals surface area contributed by atoms with E-state index >= 15 is 0 Å². The second kappa shape index (κ2) is 8.51. The minimum atomic E-state index is -0.309. The quantitative estimate of drug-likeness (QED) is 0.500. The molecule has 0 fully saturated rings. The molecule has 0 aliphatic heterocycles. The molecule has 3 aromatic carbocycles. The summed E-state index contributed by atoms with van der Waals surface area (Å²) in [5.41, 5.74) is 0.927. The molecule has 0 saturated heterocycles. The first-order chi connectivity index (χ1) is 14.1. The SMILES string of the molecule is O=C(Cn1cnc2ccc(Cl)cc2c1=O)Nc1ccccc1Sc1ccccc1. The summed E-state index contributed by atoms with van der Waals surface area (Å²) < 4.78 is 1.28. The summed E-state index contributed by atoms with van der Waals surface area (Å²) >= 11 is 7.54. The van der Waals surface area contributed by atoms with Gasteiger partial charge in [0, 0.05) is 14.8 Å². The zero-order chi connectivity index (χ0) is 20.2. The lowest BCUT2D eigenvalue weighted by atomic mass is 10.2. The lowest BCUT2D eigenvalue weighted by molar-refractivity contribution is -0.116. The molecular formula is C22H16ClN3O2S. The molecular weight excluding hydrogens is 406 g/mol. The van der Waals surface area contributed by atoms with Gasteiger partial charge in [0.1, 0.15) is 6.54 Å². The van der Waals surface area contributed by atoms with Gasteiger partial charge in [0.2, 0.25) is 5.91 Å². The number of nitrogens with one attached hydrogen (secondary N) is 1. The van der Waals surface area contributed by atoms with Crippen molar-refractivity contribution >= 4 is 45.9 Å². The zero-order valence-electron chi connectivity index (χ0n) is 15.2. The Balaban J connectivity index is 1.54. The van der Waals surface area contributed by atoms with Gasteiger partial charge < -0.3 is 5.32 Å². The highest BCUT2D eigenvalue weighted by Crippen LogP contribution is 2.33. The molecule has 1 N–H and O–H groups in total. The van der Waals surface area contributed by atoms with Gasteiger partial charge in [-0.25, -0.2) is 4.98 Å². The van der Waals surface area contributed by atoms with Gasteiger partial charge in [-0.1, -0.05) is 53.7 Å². The number of para-hydroxylation sites is 1. The van der Waals surface area contributed by atoms with Crippen molar-refractivity contribution in [2.45, 2.75) is 16.3 Å². The van der Waals surface area contributed by atoms with Gasteiger partial charge in [-0.15, -0.1) is 0 Å². The van der Waals surface area contributed by atoms with E-state index in [1.54, 1.807) is 30.0 Å². The van der Waals surface area contributed by atoms with Crippen LogP contribution in [-0.2, 0) is 11.3 Å². The predicted molar refractivity (Wildman–Crippen MR) is 117 cm³/mol. The fourth-order valence-corrected chi connectivity index (χ4v) is 3.96. The molecule has 1 aromatic heterocycles. The number of aromatic nitrogens is 2. The first-order valence-corrected chi connectivity index (χ1v) is 10.1.